The minimum Gasteiger partial charge on any atom is -0.467 e. The molecule has 0 radical (unpaired) electrons. The maximum atomic E-state index is 14.6. The van der Waals surface area contributed by atoms with Crippen molar-refractivity contribution in [2.75, 3.05) is 12.1 Å². The van der Waals surface area contributed by atoms with Crippen LogP contribution < -0.4 is 10.1 Å². The third-order valence-corrected chi connectivity index (χ3v) is 4.64. The second-order valence-electron chi connectivity index (χ2n) is 6.52. The lowest BCUT2D eigenvalue weighted by molar-refractivity contribution is -0.0169. The van der Waals surface area contributed by atoms with Crippen molar-refractivity contribution in [2.45, 2.75) is 27.0 Å². The van der Waals surface area contributed by atoms with Gasteiger partial charge in [-0.1, -0.05) is 11.6 Å². The Morgan fingerprint density at radius 2 is 2.07 bits per heavy atom. The molecule has 0 bridgehead atoms. The smallest absolute Gasteiger partial charge is 0.189 e. The molecule has 0 fully saturated rings. The summed E-state index contributed by atoms with van der Waals surface area (Å²) in [6.45, 7) is 4.93. The van der Waals surface area contributed by atoms with Crippen LogP contribution in [0.25, 0.3) is 5.69 Å². The highest BCUT2D eigenvalue weighted by Gasteiger charge is 2.16. The van der Waals surface area contributed by atoms with Crippen LogP contribution in [0.3, 0.4) is 0 Å². The van der Waals surface area contributed by atoms with Crippen LogP contribution in [0.15, 0.2) is 36.4 Å². The summed E-state index contributed by atoms with van der Waals surface area (Å²) in [4.78, 5) is 0. The van der Waals surface area contributed by atoms with E-state index in [1.54, 1.807) is 10.7 Å². The Balaban J connectivity index is 1.55. The van der Waals surface area contributed by atoms with Gasteiger partial charge in [-0.3, -0.25) is 0 Å². The van der Waals surface area contributed by atoms with E-state index in [1.165, 1.54) is 6.07 Å². The van der Waals surface area contributed by atoms with Crippen LogP contribution >= 0.6 is 11.6 Å². The molecule has 0 atom stereocenters. The topological polar surface area (TPSA) is 48.3 Å². The van der Waals surface area contributed by atoms with Gasteiger partial charge in [0.2, 0.25) is 0 Å². The first-order valence-electron chi connectivity index (χ1n) is 8.60. The number of hydrogen-bond acceptors (Lipinski definition) is 4. The van der Waals surface area contributed by atoms with E-state index in [4.69, 9.17) is 21.1 Å². The van der Waals surface area contributed by atoms with E-state index in [2.05, 4.69) is 10.4 Å². The first-order chi connectivity index (χ1) is 13.0. The number of anilines is 1. The molecule has 3 aromatic rings. The van der Waals surface area contributed by atoms with Crippen LogP contribution in [0, 0.1) is 19.7 Å². The molecule has 0 amide bonds. The number of rotatable bonds is 4. The number of fused-ring (bicyclic) bond motifs is 1. The van der Waals surface area contributed by atoms with Crippen molar-refractivity contribution in [3.8, 4) is 11.4 Å². The zero-order valence-electron chi connectivity index (χ0n) is 15.1. The molecule has 1 aliphatic rings. The van der Waals surface area contributed by atoms with Crippen molar-refractivity contribution in [3.05, 3.63) is 69.8 Å². The molecule has 0 saturated heterocycles. The van der Waals surface area contributed by atoms with Crippen LogP contribution in [0.2, 0.25) is 5.02 Å². The number of nitrogens with zero attached hydrogens (tertiary/aromatic N) is 2. The molecule has 0 spiro atoms. The van der Waals surface area contributed by atoms with Crippen molar-refractivity contribution in [2.24, 2.45) is 0 Å². The molecule has 1 aromatic heterocycles. The first kappa shape index (κ1) is 17.8. The summed E-state index contributed by atoms with van der Waals surface area (Å²) in [7, 11) is 0. The van der Waals surface area contributed by atoms with Gasteiger partial charge in [0, 0.05) is 34.1 Å². The quantitative estimate of drug-likeness (QED) is 0.701. The standard InChI is InChI=1S/C20H19ClFN3O2/c1-12-5-13(2)25(24-12)19-4-3-17(8-18(19)22)23-9-14-6-16(21)7-15-10-26-11-27-20(14)15/h3-8,23H,9-11H2,1-2H3. The molecular weight excluding hydrogens is 369 g/mol. The van der Waals surface area contributed by atoms with Crippen molar-refractivity contribution in [1.29, 1.82) is 0 Å². The first-order valence-corrected chi connectivity index (χ1v) is 8.98. The molecule has 5 nitrogen and oxygen atoms in total. The summed E-state index contributed by atoms with van der Waals surface area (Å²) in [5.74, 6) is 0.432. The van der Waals surface area contributed by atoms with Gasteiger partial charge in [0.15, 0.2) is 12.6 Å². The highest BCUT2D eigenvalue weighted by molar-refractivity contribution is 6.30. The van der Waals surface area contributed by atoms with Gasteiger partial charge >= 0.3 is 0 Å². The summed E-state index contributed by atoms with van der Waals surface area (Å²) in [5, 5.41) is 8.18. The molecule has 7 heteroatoms. The lowest BCUT2D eigenvalue weighted by Crippen LogP contribution is -2.14. The fourth-order valence-electron chi connectivity index (χ4n) is 3.25. The second kappa shape index (κ2) is 7.21. The highest BCUT2D eigenvalue weighted by Crippen LogP contribution is 2.32. The van der Waals surface area contributed by atoms with Crippen LogP contribution in [0.1, 0.15) is 22.5 Å². The number of halogens is 2. The maximum Gasteiger partial charge on any atom is 0.189 e. The van der Waals surface area contributed by atoms with E-state index in [-0.39, 0.29) is 12.6 Å². The van der Waals surface area contributed by atoms with Crippen molar-refractivity contribution >= 4 is 17.3 Å². The van der Waals surface area contributed by atoms with Crippen LogP contribution in [-0.4, -0.2) is 16.6 Å². The number of nitrogens with one attached hydrogen (secondary N) is 1. The minimum atomic E-state index is -0.344. The zero-order chi connectivity index (χ0) is 19.0. The lowest BCUT2D eigenvalue weighted by atomic mass is 10.1. The van der Waals surface area contributed by atoms with Crippen LogP contribution in [0.4, 0.5) is 10.1 Å². The Bertz CT molecular complexity index is 1000. The fourth-order valence-corrected chi connectivity index (χ4v) is 3.51. The van der Waals surface area contributed by atoms with Crippen LogP contribution in [-0.2, 0) is 17.9 Å². The molecule has 1 N–H and O–H groups in total. The minimum absolute atomic E-state index is 0.216. The number of benzene rings is 2. The SMILES string of the molecule is Cc1cc(C)n(-c2ccc(NCc3cc(Cl)cc4c3OCOC4)cc2F)n1. The average molecular weight is 388 g/mol. The van der Waals surface area contributed by atoms with Gasteiger partial charge in [0.1, 0.15) is 11.4 Å². The third kappa shape index (κ3) is 3.63. The Labute approximate surface area is 161 Å². The van der Waals surface area contributed by atoms with Crippen LogP contribution in [0.5, 0.6) is 5.75 Å². The van der Waals surface area contributed by atoms with Gasteiger partial charge in [-0.15, -0.1) is 0 Å². The Morgan fingerprint density at radius 3 is 2.81 bits per heavy atom. The average Bonchev–Trinajstić information content (AvgIpc) is 2.97. The van der Waals surface area contributed by atoms with E-state index in [0.717, 1.165) is 28.3 Å². The molecule has 4 rings (SSSR count). The molecule has 0 aliphatic carbocycles. The molecule has 27 heavy (non-hydrogen) atoms. The van der Waals surface area contributed by atoms with Crippen molar-refractivity contribution in [1.82, 2.24) is 9.78 Å². The predicted octanol–water partition coefficient (Wildman–Crippen LogP) is 4.76. The van der Waals surface area contributed by atoms with E-state index in [9.17, 15) is 4.39 Å². The number of hydrogen-bond donors (Lipinski definition) is 1. The third-order valence-electron chi connectivity index (χ3n) is 4.42. The van der Waals surface area contributed by atoms with Gasteiger partial charge in [-0.2, -0.15) is 5.10 Å². The Kier molecular flexibility index (Phi) is 4.76. The lowest BCUT2D eigenvalue weighted by Gasteiger charge is -2.21. The molecular formula is C20H19ClFN3O2. The zero-order valence-corrected chi connectivity index (χ0v) is 15.8. The number of aryl methyl sites for hydroxylation is 2. The summed E-state index contributed by atoms with van der Waals surface area (Å²) in [6, 6.07) is 10.6. The molecule has 2 heterocycles. The van der Waals surface area contributed by atoms with Crippen molar-refractivity contribution in [3.63, 3.8) is 0 Å². The van der Waals surface area contributed by atoms with E-state index < -0.39 is 0 Å². The van der Waals surface area contributed by atoms with E-state index in [0.29, 0.717) is 29.5 Å². The highest BCUT2D eigenvalue weighted by atomic mass is 35.5. The summed E-state index contributed by atoms with van der Waals surface area (Å²) >= 11 is 6.19. The largest absolute Gasteiger partial charge is 0.467 e. The van der Waals surface area contributed by atoms with Gasteiger partial charge in [-0.05, 0) is 50.2 Å². The van der Waals surface area contributed by atoms with Gasteiger partial charge in [-0.25, -0.2) is 9.07 Å². The van der Waals surface area contributed by atoms with E-state index >= 15 is 0 Å². The molecule has 2 aromatic carbocycles. The predicted molar refractivity (Wildman–Crippen MR) is 102 cm³/mol. The second-order valence-corrected chi connectivity index (χ2v) is 6.96. The normalized spacial score (nSPS) is 13.2. The summed E-state index contributed by atoms with van der Waals surface area (Å²) < 4.78 is 27.1. The van der Waals surface area contributed by atoms with Gasteiger partial charge < -0.3 is 14.8 Å². The molecule has 0 saturated carbocycles. The number of ether oxygens (including phenoxy) is 2. The monoisotopic (exact) mass is 387 g/mol. The van der Waals surface area contributed by atoms with E-state index in [1.807, 2.05) is 38.1 Å². The summed E-state index contributed by atoms with van der Waals surface area (Å²) in [5.41, 5.74) is 4.65. The molecule has 0 unspecified atom stereocenters. The Hall–Kier alpha value is -2.57. The molecule has 1 aliphatic heterocycles. The maximum absolute atomic E-state index is 14.6. The van der Waals surface area contributed by atoms with Crippen molar-refractivity contribution < 1.29 is 13.9 Å². The van der Waals surface area contributed by atoms with Gasteiger partial charge in [0.25, 0.3) is 0 Å². The fraction of sp³-hybridized carbons (Fsp3) is 0.250. The molecule has 140 valence electrons. The summed E-state index contributed by atoms with van der Waals surface area (Å²) in [6.07, 6.45) is 0. The van der Waals surface area contributed by atoms with Gasteiger partial charge in [0.05, 0.1) is 12.3 Å². The number of aromatic nitrogens is 2. The Morgan fingerprint density at radius 1 is 1.22 bits per heavy atom.